The number of hydrogen-bond acceptors (Lipinski definition) is 15. The number of ketones is 2. The van der Waals surface area contributed by atoms with Crippen molar-refractivity contribution < 1.29 is 66.1 Å². The number of pyridine rings is 1. The molecule has 0 bridgehead atoms. The van der Waals surface area contributed by atoms with Gasteiger partial charge in [-0.3, -0.25) is 28.8 Å². The van der Waals surface area contributed by atoms with Crippen molar-refractivity contribution in [3.8, 4) is 23.0 Å². The maximum absolute atomic E-state index is 16.4. The number of halogens is 2. The first-order chi connectivity index (χ1) is 48.7. The molecule has 3 heterocycles. The molecule has 2 N–H and O–H groups in total. The van der Waals surface area contributed by atoms with Crippen LogP contribution in [0.5, 0.6) is 0 Å². The fourth-order valence-corrected chi connectivity index (χ4v) is 23.6. The van der Waals surface area contributed by atoms with Gasteiger partial charge >= 0.3 is 23.9 Å². The van der Waals surface area contributed by atoms with Crippen LogP contribution < -0.4 is 0 Å². The predicted octanol–water partition coefficient (Wildman–Crippen LogP) is 18.8. The summed E-state index contributed by atoms with van der Waals surface area (Å²) >= 11 is 0. The molecule has 104 heavy (non-hydrogen) atoms. The molecule has 17 atom stereocenters. The number of carbonyl (C=O) groups is 6. The van der Waals surface area contributed by atoms with Gasteiger partial charge in [-0.25, -0.2) is 13.8 Å². The summed E-state index contributed by atoms with van der Waals surface area (Å²) in [7, 11) is 0. The number of carboxylic acids is 2. The molecule has 12 rings (SSSR count). The van der Waals surface area contributed by atoms with Gasteiger partial charge in [0.05, 0.1) is 46.3 Å². The Morgan fingerprint density at radius 3 is 1.51 bits per heavy atom. The fraction of sp³-hybridized carbons (Fsp3) is 0.706. The summed E-state index contributed by atoms with van der Waals surface area (Å²) in [6.45, 7) is 36.5. The maximum atomic E-state index is 16.4. The van der Waals surface area contributed by atoms with Crippen molar-refractivity contribution in [1.29, 1.82) is 0 Å². The van der Waals surface area contributed by atoms with Crippen molar-refractivity contribution in [3.05, 3.63) is 87.8 Å². The van der Waals surface area contributed by atoms with E-state index in [1.54, 1.807) is 19.9 Å². The maximum Gasteiger partial charge on any atom is 0.310 e. The molecule has 6 fully saturated rings. The van der Waals surface area contributed by atoms with Gasteiger partial charge in [-0.05, 0) is 275 Å². The summed E-state index contributed by atoms with van der Waals surface area (Å²) in [5, 5.41) is 39.1. The van der Waals surface area contributed by atoms with Crippen LogP contribution in [0, 0.1) is 102 Å². The van der Waals surface area contributed by atoms with E-state index >= 15 is 4.39 Å². The molecule has 8 aliphatic rings. The Balaban J connectivity index is 0.729. The first-order valence-electron chi connectivity index (χ1n) is 39.2. The van der Waals surface area contributed by atoms with Crippen molar-refractivity contribution in [2.45, 2.75) is 288 Å². The number of nitrogens with zero attached hydrogens (tertiary/aromatic N) is 5. The molecule has 8 aliphatic carbocycles. The topological polar surface area (TPSA) is 252 Å². The monoisotopic (exact) mass is 1440 g/mol. The van der Waals surface area contributed by atoms with Gasteiger partial charge in [0, 0.05) is 12.8 Å². The van der Waals surface area contributed by atoms with Crippen LogP contribution in [0.3, 0.4) is 0 Å². The molecule has 1 unspecified atom stereocenters. The van der Waals surface area contributed by atoms with Crippen LogP contribution in [0.25, 0.3) is 23.0 Å². The van der Waals surface area contributed by atoms with Gasteiger partial charge in [0.25, 0.3) is 11.8 Å². The summed E-state index contributed by atoms with van der Waals surface area (Å²) < 4.78 is 55.9. The third-order valence-electron chi connectivity index (χ3n) is 30.5. The predicted molar refractivity (Wildman–Crippen MR) is 389 cm³/mol. The highest BCUT2D eigenvalue weighted by Crippen LogP contribution is 2.77. The van der Waals surface area contributed by atoms with Gasteiger partial charge in [0.2, 0.25) is 11.8 Å². The summed E-state index contributed by atoms with van der Waals surface area (Å²) in [5.74, 6) is -1.98. The van der Waals surface area contributed by atoms with Crippen LogP contribution in [-0.2, 0) is 55.5 Å². The van der Waals surface area contributed by atoms with Crippen LogP contribution >= 0.6 is 0 Å². The lowest BCUT2D eigenvalue weighted by molar-refractivity contribution is -0.184. The smallest absolute Gasteiger partial charge is 0.310 e. The minimum absolute atomic E-state index is 0.00201. The average molecular weight is 1440 g/mol. The molecule has 6 saturated carbocycles. The third kappa shape index (κ3) is 12.4. The van der Waals surface area contributed by atoms with Crippen molar-refractivity contribution in [2.75, 3.05) is 0 Å². The SMILES string of the molecule is CC[C@H](CC[C@@]1(C)[C@H](C)CC[C@]2(C)[C@@H]1CC[C@@H]1C3=C(C(C)C)C(=O)C[C@]3(c3nnc(-c4cc(CC(C)(CC(=O)O[C@H](CC)CC[C@@]5(C)[C@H](C)CC[C@]6(C)[C@@H]5CC[C@@H]5C7=C(C(C)C)C(=O)C[C@]7(c7nnc(-c8ccc(F)cn8)o7)CC[C@]56C)C(=O)O)ccc4F)o3)CC[C@]12C)OC(=O)CC(C)(C)C(=O)O. The molecule has 3 aromatic heterocycles. The average Bonchev–Trinajstić information content (AvgIpc) is 1.21. The van der Waals surface area contributed by atoms with Crippen molar-refractivity contribution in [3.63, 3.8) is 0 Å². The van der Waals surface area contributed by atoms with Crippen molar-refractivity contribution in [2.24, 2.45) is 90.7 Å². The normalized spacial score (nSPS) is 34.4. The fourth-order valence-electron chi connectivity index (χ4n) is 23.6. The number of aliphatic carboxylic acids is 2. The number of aromatic nitrogens is 5. The molecule has 4 aromatic rings. The zero-order chi connectivity index (χ0) is 75.6. The highest BCUT2D eigenvalue weighted by Gasteiger charge is 2.71. The van der Waals surface area contributed by atoms with Crippen LogP contribution in [0.2, 0.25) is 0 Å². The van der Waals surface area contributed by atoms with E-state index in [9.17, 15) is 43.4 Å². The Bertz CT molecular complexity index is 4100. The first kappa shape index (κ1) is 76.8. The van der Waals surface area contributed by atoms with E-state index in [1.807, 2.05) is 13.8 Å². The van der Waals surface area contributed by atoms with E-state index in [-0.39, 0.29) is 123 Å². The molecular formula is C85H115F2N5O12. The molecule has 0 spiro atoms. The second-order valence-electron chi connectivity index (χ2n) is 37.0. The van der Waals surface area contributed by atoms with Gasteiger partial charge in [-0.15, -0.1) is 20.4 Å². The lowest BCUT2D eigenvalue weighted by Crippen LogP contribution is -2.62. The Hall–Kier alpha value is -6.79. The summed E-state index contributed by atoms with van der Waals surface area (Å²) in [5.41, 5.74) is -0.607. The standard InChI is InChI=1S/C85H115F2N5O12/c1-18-53(101-64(95)44-76(9,10)74(97)98)30-32-78(12)49(7)28-34-82(16)62(78)26-22-56-68-66(47(3)4)60(93)42-84(68,38-36-80(56,82)14)72-91-89-70(103-72)55-40-51(20-24-58(55)87)41-77(11,75(99)100)45-65(96)102-54(19-2)31-33-79(13)50(8)29-35-83(17)63(79)27-23-57-69-67(48(5)6)61(94)43-85(69,39-37-81(57,83)15)73-92-90-71(104-73)59-25-21-52(86)46-88-59/h20-21,24-25,40,46-50,53-54,56-57,62-63H,18-19,22-23,26-39,41-45H2,1-17H3,(H,97,98)(H,99,100)/t49-,50-,53-,54-,56-,57-,62-,63-,77?,78+,79+,80-,81-,82-,83-,84-,85-/m1/s1. The molecule has 1 aromatic carbocycles. The van der Waals surface area contributed by atoms with Gasteiger partial charge in [-0.2, -0.15) is 0 Å². The first-order valence-corrected chi connectivity index (χ1v) is 39.2. The number of Topliss-reactive ketones (excluding diaryl/α,β-unsaturated/α-hetero) is 2. The number of fused-ring (bicyclic) bond motifs is 10. The van der Waals surface area contributed by atoms with Gasteiger partial charge < -0.3 is 28.5 Å². The zero-order valence-corrected chi connectivity index (χ0v) is 65.0. The highest BCUT2D eigenvalue weighted by molar-refractivity contribution is 6.02. The second kappa shape index (κ2) is 27.5. The summed E-state index contributed by atoms with van der Waals surface area (Å²) in [6.07, 6.45) is 14.7. The van der Waals surface area contributed by atoms with Crippen LogP contribution in [0.1, 0.15) is 276 Å². The molecule has 19 heteroatoms. The quantitative estimate of drug-likeness (QED) is 0.0618. The molecule has 566 valence electrons. The van der Waals surface area contributed by atoms with Gasteiger partial charge in [0.15, 0.2) is 11.6 Å². The third-order valence-corrected chi connectivity index (χ3v) is 30.5. The number of hydrogen-bond donors (Lipinski definition) is 2. The molecule has 17 nitrogen and oxygen atoms in total. The van der Waals surface area contributed by atoms with E-state index in [0.717, 1.165) is 106 Å². The number of benzene rings is 1. The van der Waals surface area contributed by atoms with E-state index < -0.39 is 69.7 Å². The summed E-state index contributed by atoms with van der Waals surface area (Å²) in [4.78, 5) is 86.2. The number of esters is 2. The van der Waals surface area contributed by atoms with E-state index in [0.29, 0.717) is 79.3 Å². The largest absolute Gasteiger partial charge is 0.481 e. The Morgan fingerprint density at radius 1 is 0.596 bits per heavy atom. The minimum Gasteiger partial charge on any atom is -0.481 e. The van der Waals surface area contributed by atoms with Crippen molar-refractivity contribution in [1.82, 2.24) is 25.4 Å². The Morgan fingerprint density at radius 2 is 1.07 bits per heavy atom. The summed E-state index contributed by atoms with van der Waals surface area (Å²) in [6, 6.07) is 7.18. The lowest BCUT2D eigenvalue weighted by Gasteiger charge is -2.69. The number of allylic oxidation sites excluding steroid dienone is 4. The van der Waals surface area contributed by atoms with E-state index in [1.165, 1.54) is 31.2 Å². The minimum atomic E-state index is -1.65. The molecule has 0 saturated heterocycles. The molecule has 0 aliphatic heterocycles. The highest BCUT2D eigenvalue weighted by atomic mass is 19.1. The Kier molecular flexibility index (Phi) is 20.3. The number of rotatable bonds is 24. The van der Waals surface area contributed by atoms with Gasteiger partial charge in [0.1, 0.15) is 29.5 Å². The molecule has 0 radical (unpaired) electrons. The second-order valence-corrected chi connectivity index (χ2v) is 37.0. The zero-order valence-electron chi connectivity index (χ0n) is 65.0. The number of carboxylic acid groups (broad SMARTS) is 2. The van der Waals surface area contributed by atoms with E-state index in [4.69, 9.17) is 23.4 Å². The number of ether oxygens (including phenoxy) is 2. The van der Waals surface area contributed by atoms with Crippen molar-refractivity contribution >= 4 is 35.4 Å². The lowest BCUT2D eigenvalue weighted by atomic mass is 9.35. The molecule has 0 amide bonds. The van der Waals surface area contributed by atoms with Crippen LogP contribution in [0.15, 0.2) is 67.7 Å². The van der Waals surface area contributed by atoms with Crippen LogP contribution in [-0.4, -0.2) is 83.2 Å². The van der Waals surface area contributed by atoms with Gasteiger partial charge in [-0.1, -0.05) is 103 Å². The van der Waals surface area contributed by atoms with E-state index in [2.05, 4.69) is 103 Å². The molecular weight excluding hydrogens is 1320 g/mol. The van der Waals surface area contributed by atoms with Crippen LogP contribution in [0.4, 0.5) is 8.78 Å². The number of carbonyl (C=O) groups excluding carboxylic acids is 4. The Labute approximate surface area is 613 Å².